The predicted molar refractivity (Wildman–Crippen MR) is 122 cm³/mol. The fourth-order valence-corrected chi connectivity index (χ4v) is 3.33. The number of benzene rings is 2. The molecule has 2 amide bonds. The standard InChI is InChI=1S/C25H34N2O4/c1-5-7-14-26-25(29)23(6-2)27(17-20-11-9-12-21(16-20)30-4)24(28)18-31-22-13-8-10-19(3)15-22/h8-13,15-16,23H,5-7,14,17-18H2,1-4H3,(H,26,29)/t23-/m0/s1. The molecule has 0 aliphatic rings. The van der Waals surface area contributed by atoms with E-state index in [1.165, 1.54) is 0 Å². The quantitative estimate of drug-likeness (QED) is 0.519. The molecule has 0 radical (unpaired) electrons. The number of hydrogen-bond donors (Lipinski definition) is 1. The van der Waals surface area contributed by atoms with Crippen LogP contribution in [0.5, 0.6) is 11.5 Å². The van der Waals surface area contributed by atoms with Crippen LogP contribution in [0.2, 0.25) is 0 Å². The molecule has 6 nitrogen and oxygen atoms in total. The van der Waals surface area contributed by atoms with E-state index in [0.29, 0.717) is 31.0 Å². The molecule has 0 fully saturated rings. The largest absolute Gasteiger partial charge is 0.497 e. The number of nitrogens with zero attached hydrogens (tertiary/aromatic N) is 1. The van der Waals surface area contributed by atoms with Gasteiger partial charge in [-0.15, -0.1) is 0 Å². The van der Waals surface area contributed by atoms with Gasteiger partial charge in [-0.25, -0.2) is 0 Å². The summed E-state index contributed by atoms with van der Waals surface area (Å²) in [6.07, 6.45) is 2.41. The molecule has 0 saturated carbocycles. The number of rotatable bonds is 12. The first-order chi connectivity index (χ1) is 15.0. The topological polar surface area (TPSA) is 67.9 Å². The van der Waals surface area contributed by atoms with E-state index in [0.717, 1.165) is 24.0 Å². The van der Waals surface area contributed by atoms with Crippen molar-refractivity contribution in [2.45, 2.75) is 52.6 Å². The number of nitrogens with one attached hydrogen (secondary N) is 1. The molecule has 6 heteroatoms. The average Bonchev–Trinajstić information content (AvgIpc) is 2.77. The number of unbranched alkanes of at least 4 members (excludes halogenated alkanes) is 1. The molecular formula is C25H34N2O4. The van der Waals surface area contributed by atoms with Gasteiger partial charge in [0.15, 0.2) is 6.61 Å². The Labute approximate surface area is 185 Å². The molecule has 0 aliphatic heterocycles. The van der Waals surface area contributed by atoms with Gasteiger partial charge in [-0.3, -0.25) is 9.59 Å². The van der Waals surface area contributed by atoms with Crippen molar-refractivity contribution in [2.24, 2.45) is 0 Å². The molecule has 1 N–H and O–H groups in total. The third-order valence-corrected chi connectivity index (χ3v) is 5.05. The Morgan fingerprint density at radius 3 is 2.48 bits per heavy atom. The van der Waals surface area contributed by atoms with Crippen LogP contribution in [0, 0.1) is 6.92 Å². The lowest BCUT2D eigenvalue weighted by Crippen LogP contribution is -2.50. The van der Waals surface area contributed by atoms with Crippen LogP contribution in [0.4, 0.5) is 0 Å². The number of ether oxygens (including phenoxy) is 2. The number of carbonyl (C=O) groups is 2. The van der Waals surface area contributed by atoms with Gasteiger partial charge in [0.2, 0.25) is 5.91 Å². The summed E-state index contributed by atoms with van der Waals surface area (Å²) < 4.78 is 11.0. The van der Waals surface area contributed by atoms with Gasteiger partial charge in [-0.1, -0.05) is 44.5 Å². The van der Waals surface area contributed by atoms with Crippen molar-refractivity contribution >= 4 is 11.8 Å². The fourth-order valence-electron chi connectivity index (χ4n) is 3.33. The second-order valence-electron chi connectivity index (χ2n) is 7.55. The van der Waals surface area contributed by atoms with Gasteiger partial charge in [-0.2, -0.15) is 0 Å². The summed E-state index contributed by atoms with van der Waals surface area (Å²) in [5.41, 5.74) is 1.95. The molecule has 0 saturated heterocycles. The van der Waals surface area contributed by atoms with E-state index in [4.69, 9.17) is 9.47 Å². The highest BCUT2D eigenvalue weighted by Gasteiger charge is 2.28. The van der Waals surface area contributed by atoms with Crippen LogP contribution in [0.25, 0.3) is 0 Å². The zero-order chi connectivity index (χ0) is 22.6. The number of carbonyl (C=O) groups excluding carboxylic acids is 2. The first-order valence-corrected chi connectivity index (χ1v) is 10.9. The summed E-state index contributed by atoms with van der Waals surface area (Å²) in [6, 6.07) is 14.5. The lowest BCUT2D eigenvalue weighted by molar-refractivity contribution is -0.143. The molecule has 0 unspecified atom stereocenters. The summed E-state index contributed by atoms with van der Waals surface area (Å²) in [5.74, 6) is 0.973. The minimum atomic E-state index is -0.573. The molecule has 168 valence electrons. The van der Waals surface area contributed by atoms with Crippen molar-refractivity contribution in [3.05, 3.63) is 59.7 Å². The third kappa shape index (κ3) is 7.63. The minimum absolute atomic E-state index is 0.133. The predicted octanol–water partition coefficient (Wildman–Crippen LogP) is 4.11. The van der Waals surface area contributed by atoms with Crippen molar-refractivity contribution in [1.29, 1.82) is 0 Å². The second kappa shape index (κ2) is 12.6. The van der Waals surface area contributed by atoms with Gasteiger partial charge >= 0.3 is 0 Å². The summed E-state index contributed by atoms with van der Waals surface area (Å²) in [7, 11) is 1.60. The summed E-state index contributed by atoms with van der Waals surface area (Å²) in [4.78, 5) is 27.6. The van der Waals surface area contributed by atoms with Crippen molar-refractivity contribution in [1.82, 2.24) is 10.2 Å². The van der Waals surface area contributed by atoms with E-state index in [9.17, 15) is 9.59 Å². The van der Waals surface area contributed by atoms with Crippen LogP contribution in [-0.2, 0) is 16.1 Å². The maximum Gasteiger partial charge on any atom is 0.261 e. The zero-order valence-corrected chi connectivity index (χ0v) is 19.0. The maximum absolute atomic E-state index is 13.2. The van der Waals surface area contributed by atoms with E-state index in [2.05, 4.69) is 12.2 Å². The minimum Gasteiger partial charge on any atom is -0.497 e. The molecule has 0 bridgehead atoms. The van der Waals surface area contributed by atoms with Crippen molar-refractivity contribution < 1.29 is 19.1 Å². The van der Waals surface area contributed by atoms with Crippen molar-refractivity contribution in [3.8, 4) is 11.5 Å². The summed E-state index contributed by atoms with van der Waals surface area (Å²) in [6.45, 7) is 6.73. The molecule has 1 atom stereocenters. The smallest absolute Gasteiger partial charge is 0.261 e. The Bertz CT molecular complexity index is 853. The van der Waals surface area contributed by atoms with E-state index in [-0.39, 0.29) is 18.4 Å². The highest BCUT2D eigenvalue weighted by atomic mass is 16.5. The summed E-state index contributed by atoms with van der Waals surface area (Å²) >= 11 is 0. The van der Waals surface area contributed by atoms with E-state index in [1.54, 1.807) is 12.0 Å². The van der Waals surface area contributed by atoms with Crippen molar-refractivity contribution in [2.75, 3.05) is 20.3 Å². The number of methoxy groups -OCH3 is 1. The van der Waals surface area contributed by atoms with Gasteiger partial charge in [0, 0.05) is 13.1 Å². The SMILES string of the molecule is CCCCNC(=O)[C@H](CC)N(Cc1cccc(OC)c1)C(=O)COc1cccc(C)c1. The van der Waals surface area contributed by atoms with E-state index >= 15 is 0 Å². The first-order valence-electron chi connectivity index (χ1n) is 10.9. The van der Waals surface area contributed by atoms with Gasteiger partial charge in [0.05, 0.1) is 7.11 Å². The zero-order valence-electron chi connectivity index (χ0n) is 19.0. The van der Waals surface area contributed by atoms with Crippen LogP contribution < -0.4 is 14.8 Å². The Hall–Kier alpha value is -3.02. The summed E-state index contributed by atoms with van der Waals surface area (Å²) in [5, 5.41) is 2.96. The maximum atomic E-state index is 13.2. The molecule has 0 aromatic heterocycles. The van der Waals surface area contributed by atoms with Gasteiger partial charge in [0.25, 0.3) is 5.91 Å². The highest BCUT2D eigenvalue weighted by Crippen LogP contribution is 2.18. The molecular weight excluding hydrogens is 392 g/mol. The Balaban J connectivity index is 2.19. The molecule has 2 aromatic rings. The van der Waals surface area contributed by atoms with Crippen LogP contribution in [0.1, 0.15) is 44.2 Å². The lowest BCUT2D eigenvalue weighted by Gasteiger charge is -2.30. The number of hydrogen-bond acceptors (Lipinski definition) is 4. The fraction of sp³-hybridized carbons (Fsp3) is 0.440. The molecule has 0 aliphatic carbocycles. The van der Waals surface area contributed by atoms with E-state index in [1.807, 2.05) is 62.4 Å². The molecule has 0 spiro atoms. The van der Waals surface area contributed by atoms with E-state index < -0.39 is 6.04 Å². The third-order valence-electron chi connectivity index (χ3n) is 5.05. The average molecular weight is 427 g/mol. The van der Waals surface area contributed by atoms with Gasteiger partial charge in [-0.05, 0) is 55.2 Å². The normalized spacial score (nSPS) is 11.5. The lowest BCUT2D eigenvalue weighted by atomic mass is 10.1. The molecule has 0 heterocycles. The van der Waals surface area contributed by atoms with Crippen molar-refractivity contribution in [3.63, 3.8) is 0 Å². The molecule has 2 rings (SSSR count). The second-order valence-corrected chi connectivity index (χ2v) is 7.55. The molecule has 2 aromatic carbocycles. The highest BCUT2D eigenvalue weighted by molar-refractivity contribution is 5.88. The Kier molecular flexibility index (Phi) is 9.88. The Morgan fingerprint density at radius 1 is 1.06 bits per heavy atom. The Morgan fingerprint density at radius 2 is 1.81 bits per heavy atom. The van der Waals surface area contributed by atoms with Crippen LogP contribution in [-0.4, -0.2) is 43.0 Å². The van der Waals surface area contributed by atoms with Crippen LogP contribution in [0.15, 0.2) is 48.5 Å². The molecule has 31 heavy (non-hydrogen) atoms. The number of aryl methyl sites for hydroxylation is 1. The van der Waals surface area contributed by atoms with Crippen LogP contribution in [0.3, 0.4) is 0 Å². The first kappa shape index (κ1) is 24.3. The van der Waals surface area contributed by atoms with Gasteiger partial charge < -0.3 is 19.7 Å². The number of amides is 2. The van der Waals surface area contributed by atoms with Gasteiger partial charge in [0.1, 0.15) is 17.5 Å². The van der Waals surface area contributed by atoms with Crippen LogP contribution >= 0.6 is 0 Å². The monoisotopic (exact) mass is 426 g/mol.